The molecule has 2 heteroatoms. The average Bonchev–Trinajstić information content (AvgIpc) is 2.50. The van der Waals surface area contributed by atoms with E-state index < -0.39 is 0 Å². The van der Waals surface area contributed by atoms with Gasteiger partial charge in [0.25, 0.3) is 0 Å². The van der Waals surface area contributed by atoms with Gasteiger partial charge in [0, 0.05) is 6.61 Å². The molecular formula is C20H42AlO+3. The van der Waals surface area contributed by atoms with Crippen LogP contribution in [0.2, 0.25) is 0 Å². The fourth-order valence-corrected chi connectivity index (χ4v) is 3.01. The third-order valence-electron chi connectivity index (χ3n) is 4.51. The minimum Gasteiger partial charge on any atom is -0.396 e. The van der Waals surface area contributed by atoms with Gasteiger partial charge < -0.3 is 5.11 Å². The molecule has 0 atom stereocenters. The molecule has 0 spiro atoms. The fraction of sp³-hybridized carbons (Fsp3) is 1.00. The summed E-state index contributed by atoms with van der Waals surface area (Å²) in [5, 5.41) is 8.69. The van der Waals surface area contributed by atoms with E-state index in [2.05, 4.69) is 6.92 Å². The zero-order valence-corrected chi connectivity index (χ0v) is 16.6. The molecule has 0 aromatic rings. The van der Waals surface area contributed by atoms with Gasteiger partial charge in [-0.05, 0) is 6.42 Å². The summed E-state index contributed by atoms with van der Waals surface area (Å²) in [5.41, 5.74) is 0. The van der Waals surface area contributed by atoms with Gasteiger partial charge in [0.1, 0.15) is 0 Å². The van der Waals surface area contributed by atoms with Crippen molar-refractivity contribution in [3.05, 3.63) is 0 Å². The molecule has 0 unspecified atom stereocenters. The monoisotopic (exact) mass is 325 g/mol. The Balaban J connectivity index is 0. The molecule has 1 N–H and O–H groups in total. The van der Waals surface area contributed by atoms with E-state index in [1.54, 1.807) is 0 Å². The van der Waals surface area contributed by atoms with Gasteiger partial charge in [-0.3, -0.25) is 0 Å². The molecule has 0 fully saturated rings. The summed E-state index contributed by atoms with van der Waals surface area (Å²) < 4.78 is 0. The minimum atomic E-state index is 0. The number of unbranched alkanes of at least 4 members (excludes halogenated alkanes) is 17. The molecule has 0 aliphatic carbocycles. The summed E-state index contributed by atoms with van der Waals surface area (Å²) >= 11 is 0. The van der Waals surface area contributed by atoms with Crippen LogP contribution in [0.15, 0.2) is 0 Å². The van der Waals surface area contributed by atoms with E-state index in [9.17, 15) is 0 Å². The SMILES string of the molecule is CCCCCCCCCCCCCCCCCCCCO.[Al+3]. The van der Waals surface area contributed by atoms with Gasteiger partial charge in [-0.25, -0.2) is 0 Å². The van der Waals surface area contributed by atoms with E-state index >= 15 is 0 Å². The smallest absolute Gasteiger partial charge is 0.396 e. The second-order valence-corrected chi connectivity index (χ2v) is 6.73. The van der Waals surface area contributed by atoms with Crippen molar-refractivity contribution >= 4 is 17.4 Å². The maximum absolute atomic E-state index is 8.69. The molecule has 0 aliphatic heterocycles. The minimum absolute atomic E-state index is 0. The number of rotatable bonds is 18. The van der Waals surface area contributed by atoms with Crippen LogP contribution in [0.3, 0.4) is 0 Å². The molecule has 128 valence electrons. The molecule has 0 saturated heterocycles. The van der Waals surface area contributed by atoms with Crippen molar-refractivity contribution in [2.24, 2.45) is 0 Å². The van der Waals surface area contributed by atoms with Crippen LogP contribution < -0.4 is 0 Å². The first-order valence-electron chi connectivity index (χ1n) is 10.0. The maximum Gasteiger partial charge on any atom is 3.00 e. The van der Waals surface area contributed by atoms with E-state index in [1.807, 2.05) is 0 Å². The maximum atomic E-state index is 8.69. The zero-order chi connectivity index (χ0) is 15.4. The largest absolute Gasteiger partial charge is 3.00 e. The van der Waals surface area contributed by atoms with Gasteiger partial charge in [-0.2, -0.15) is 0 Å². The predicted molar refractivity (Wildman–Crippen MR) is 102 cm³/mol. The molecule has 0 saturated carbocycles. The first-order valence-corrected chi connectivity index (χ1v) is 10.0. The quantitative estimate of drug-likeness (QED) is 0.221. The van der Waals surface area contributed by atoms with Crippen molar-refractivity contribution in [2.75, 3.05) is 6.61 Å². The third-order valence-corrected chi connectivity index (χ3v) is 4.51. The van der Waals surface area contributed by atoms with Crippen LogP contribution in [0, 0.1) is 0 Å². The Bertz CT molecular complexity index is 155. The average molecular weight is 326 g/mol. The van der Waals surface area contributed by atoms with E-state index in [-0.39, 0.29) is 17.4 Å². The summed E-state index contributed by atoms with van der Waals surface area (Å²) in [6.07, 6.45) is 25.1. The Kier molecular flexibility index (Phi) is 26.7. The summed E-state index contributed by atoms with van der Waals surface area (Å²) in [6.45, 7) is 2.66. The summed E-state index contributed by atoms with van der Waals surface area (Å²) in [6, 6.07) is 0. The predicted octanol–water partition coefficient (Wildman–Crippen LogP) is 6.64. The molecule has 1 nitrogen and oxygen atoms in total. The number of hydrogen-bond acceptors (Lipinski definition) is 1. The first-order chi connectivity index (χ1) is 10.4. The number of hydrogen-bond donors (Lipinski definition) is 1. The van der Waals surface area contributed by atoms with Gasteiger partial charge in [0.2, 0.25) is 0 Å². The second kappa shape index (κ2) is 23.8. The Hall–Kier alpha value is 0.492. The van der Waals surface area contributed by atoms with Crippen molar-refractivity contribution in [3.63, 3.8) is 0 Å². The third kappa shape index (κ3) is 22.8. The van der Waals surface area contributed by atoms with Crippen LogP contribution in [-0.4, -0.2) is 29.1 Å². The molecule has 0 aliphatic rings. The first kappa shape index (κ1) is 24.7. The fourth-order valence-electron chi connectivity index (χ4n) is 3.01. The van der Waals surface area contributed by atoms with Gasteiger partial charge >= 0.3 is 17.4 Å². The summed E-state index contributed by atoms with van der Waals surface area (Å²) in [5.74, 6) is 0. The van der Waals surface area contributed by atoms with Crippen LogP contribution in [-0.2, 0) is 0 Å². The van der Waals surface area contributed by atoms with E-state index in [0.717, 1.165) is 6.42 Å². The van der Waals surface area contributed by atoms with Crippen LogP contribution in [0.4, 0.5) is 0 Å². The van der Waals surface area contributed by atoms with Crippen molar-refractivity contribution in [2.45, 2.75) is 122 Å². The summed E-state index contributed by atoms with van der Waals surface area (Å²) in [7, 11) is 0. The molecule has 22 heavy (non-hydrogen) atoms. The molecule has 0 rings (SSSR count). The molecule has 0 aromatic carbocycles. The Morgan fingerprint density at radius 2 is 0.636 bits per heavy atom. The van der Waals surface area contributed by atoms with Gasteiger partial charge in [0.05, 0.1) is 0 Å². The normalized spacial score (nSPS) is 10.6. The molecule has 0 radical (unpaired) electrons. The molecule has 0 amide bonds. The summed E-state index contributed by atoms with van der Waals surface area (Å²) in [4.78, 5) is 0. The van der Waals surface area contributed by atoms with Crippen LogP contribution in [0.1, 0.15) is 122 Å². The molecular weight excluding hydrogens is 283 g/mol. The van der Waals surface area contributed by atoms with E-state index in [0.29, 0.717) is 6.61 Å². The van der Waals surface area contributed by atoms with Crippen molar-refractivity contribution in [1.82, 2.24) is 0 Å². The van der Waals surface area contributed by atoms with Gasteiger partial charge in [0.15, 0.2) is 0 Å². The van der Waals surface area contributed by atoms with Crippen LogP contribution >= 0.6 is 0 Å². The standard InChI is InChI=1S/C20H42O.Al/c1-2-3-4-5-6-7-8-9-10-11-12-13-14-15-16-17-18-19-20-21;/h21H,2-20H2,1H3;/q;+3. The van der Waals surface area contributed by atoms with Crippen molar-refractivity contribution in [1.29, 1.82) is 0 Å². The number of aliphatic hydroxyl groups excluding tert-OH is 1. The molecule has 0 bridgehead atoms. The van der Waals surface area contributed by atoms with E-state index in [1.165, 1.54) is 109 Å². The Labute approximate surface area is 151 Å². The van der Waals surface area contributed by atoms with Crippen LogP contribution in [0.5, 0.6) is 0 Å². The van der Waals surface area contributed by atoms with E-state index in [4.69, 9.17) is 5.11 Å². The molecule has 0 aromatic heterocycles. The topological polar surface area (TPSA) is 20.2 Å². The van der Waals surface area contributed by atoms with Crippen molar-refractivity contribution < 1.29 is 5.11 Å². The second-order valence-electron chi connectivity index (χ2n) is 6.73. The number of aliphatic hydroxyl groups is 1. The Morgan fingerprint density at radius 1 is 0.409 bits per heavy atom. The Morgan fingerprint density at radius 3 is 0.864 bits per heavy atom. The van der Waals surface area contributed by atoms with Gasteiger partial charge in [-0.1, -0.05) is 116 Å². The van der Waals surface area contributed by atoms with Crippen LogP contribution in [0.25, 0.3) is 0 Å². The molecule has 0 heterocycles. The van der Waals surface area contributed by atoms with Crippen molar-refractivity contribution in [3.8, 4) is 0 Å². The zero-order valence-electron chi connectivity index (χ0n) is 15.5. The van der Waals surface area contributed by atoms with Gasteiger partial charge in [-0.15, -0.1) is 0 Å².